The molecular weight excluding hydrogens is 426 g/mol. The van der Waals surface area contributed by atoms with E-state index in [2.05, 4.69) is 15.8 Å². The van der Waals surface area contributed by atoms with Crippen molar-refractivity contribution in [3.63, 3.8) is 0 Å². The smallest absolute Gasteiger partial charge is 0.267 e. The number of rotatable bonds is 4. The standard InChI is InChI=1S/C27H25N5O2/c1-16-8-12-24(17(2)14-16)32-26(34)21-6-4-5-7-23(21)29-27(32)31-30-18(3)19-9-11-22-20(15-19)10-13-25(33)28-22/h4-9,11-12,14-15H,10,13H2,1-3H3,(H,28,33)(H,29,31)/b30-18+. The largest absolute Gasteiger partial charge is 0.326 e. The summed E-state index contributed by atoms with van der Waals surface area (Å²) in [4.78, 5) is 29.8. The molecule has 0 radical (unpaired) electrons. The summed E-state index contributed by atoms with van der Waals surface area (Å²) < 4.78 is 1.58. The lowest BCUT2D eigenvalue weighted by atomic mass is 9.99. The molecule has 4 aromatic rings. The van der Waals surface area contributed by atoms with Gasteiger partial charge in [-0.1, -0.05) is 35.9 Å². The molecular formula is C27H25N5O2. The Kier molecular flexibility index (Phi) is 5.45. The number of aryl methyl sites for hydroxylation is 3. The van der Waals surface area contributed by atoms with E-state index < -0.39 is 0 Å². The zero-order chi connectivity index (χ0) is 23.8. The number of nitrogens with one attached hydrogen (secondary N) is 2. The molecule has 1 aliphatic heterocycles. The number of fused-ring (bicyclic) bond motifs is 2. The number of benzene rings is 3. The highest BCUT2D eigenvalue weighted by molar-refractivity contribution is 6.01. The average Bonchev–Trinajstić information content (AvgIpc) is 2.83. The molecule has 7 nitrogen and oxygen atoms in total. The van der Waals surface area contributed by atoms with Gasteiger partial charge in [-0.3, -0.25) is 9.59 Å². The molecule has 0 unspecified atom stereocenters. The molecule has 0 fully saturated rings. The van der Waals surface area contributed by atoms with Crippen LogP contribution in [0.2, 0.25) is 0 Å². The number of amides is 1. The first-order valence-electron chi connectivity index (χ1n) is 11.2. The van der Waals surface area contributed by atoms with Crippen molar-refractivity contribution in [1.82, 2.24) is 9.55 Å². The van der Waals surface area contributed by atoms with Crippen LogP contribution in [0.3, 0.4) is 0 Å². The molecule has 1 aromatic heterocycles. The average molecular weight is 452 g/mol. The minimum absolute atomic E-state index is 0.0408. The predicted octanol–water partition coefficient (Wildman–Crippen LogP) is 4.72. The maximum atomic E-state index is 13.5. The molecule has 0 saturated heterocycles. The normalized spacial score (nSPS) is 13.5. The second-order valence-corrected chi connectivity index (χ2v) is 8.61. The highest BCUT2D eigenvalue weighted by Crippen LogP contribution is 2.24. The number of carbonyl (C=O) groups is 1. The topological polar surface area (TPSA) is 88.4 Å². The van der Waals surface area contributed by atoms with Crippen molar-refractivity contribution >= 4 is 34.2 Å². The van der Waals surface area contributed by atoms with Crippen molar-refractivity contribution in [2.45, 2.75) is 33.6 Å². The van der Waals surface area contributed by atoms with E-state index in [9.17, 15) is 9.59 Å². The Balaban J connectivity index is 1.58. The Morgan fingerprint density at radius 3 is 2.68 bits per heavy atom. The Morgan fingerprint density at radius 2 is 1.85 bits per heavy atom. The Bertz CT molecular complexity index is 1530. The van der Waals surface area contributed by atoms with E-state index in [0.29, 0.717) is 29.7 Å². The zero-order valence-corrected chi connectivity index (χ0v) is 19.3. The van der Waals surface area contributed by atoms with Gasteiger partial charge in [-0.15, -0.1) is 0 Å². The third kappa shape index (κ3) is 3.96. The molecule has 7 heteroatoms. The molecule has 0 atom stereocenters. The van der Waals surface area contributed by atoms with Crippen LogP contribution < -0.4 is 16.3 Å². The third-order valence-electron chi connectivity index (χ3n) is 6.11. The molecule has 3 aromatic carbocycles. The summed E-state index contributed by atoms with van der Waals surface area (Å²) in [6.45, 7) is 5.90. The second kappa shape index (κ2) is 8.59. The number of anilines is 2. The molecule has 34 heavy (non-hydrogen) atoms. The predicted molar refractivity (Wildman–Crippen MR) is 136 cm³/mol. The van der Waals surface area contributed by atoms with Gasteiger partial charge in [0, 0.05) is 12.1 Å². The van der Waals surface area contributed by atoms with Crippen LogP contribution in [0.5, 0.6) is 0 Å². The first kappa shape index (κ1) is 21.6. The summed E-state index contributed by atoms with van der Waals surface area (Å²) in [5, 5.41) is 8.01. The summed E-state index contributed by atoms with van der Waals surface area (Å²) in [7, 11) is 0. The second-order valence-electron chi connectivity index (χ2n) is 8.61. The van der Waals surface area contributed by atoms with Crippen LogP contribution in [-0.4, -0.2) is 21.2 Å². The summed E-state index contributed by atoms with van der Waals surface area (Å²) in [5.74, 6) is 0.388. The molecule has 1 amide bonds. The van der Waals surface area contributed by atoms with Gasteiger partial charge in [0.1, 0.15) is 0 Å². The van der Waals surface area contributed by atoms with E-state index in [4.69, 9.17) is 4.98 Å². The van der Waals surface area contributed by atoms with E-state index in [1.807, 2.05) is 75.4 Å². The van der Waals surface area contributed by atoms with Crippen LogP contribution in [0.15, 0.2) is 70.6 Å². The summed E-state index contributed by atoms with van der Waals surface area (Å²) >= 11 is 0. The van der Waals surface area contributed by atoms with E-state index in [0.717, 1.165) is 39.3 Å². The van der Waals surface area contributed by atoms with Gasteiger partial charge in [-0.05, 0) is 74.2 Å². The molecule has 1 aliphatic rings. The van der Waals surface area contributed by atoms with E-state index in [1.165, 1.54) is 0 Å². The lowest BCUT2D eigenvalue weighted by molar-refractivity contribution is -0.116. The van der Waals surface area contributed by atoms with Gasteiger partial charge < -0.3 is 5.32 Å². The fourth-order valence-corrected chi connectivity index (χ4v) is 4.29. The molecule has 0 saturated carbocycles. The number of hydrogen-bond donors (Lipinski definition) is 2. The monoisotopic (exact) mass is 451 g/mol. The fourth-order valence-electron chi connectivity index (χ4n) is 4.29. The Morgan fingerprint density at radius 1 is 1.03 bits per heavy atom. The summed E-state index contributed by atoms with van der Waals surface area (Å²) in [6, 6.07) is 19.1. The van der Waals surface area contributed by atoms with Gasteiger partial charge >= 0.3 is 0 Å². The van der Waals surface area contributed by atoms with Crippen LogP contribution in [0, 0.1) is 13.8 Å². The van der Waals surface area contributed by atoms with Gasteiger partial charge in [0.2, 0.25) is 11.9 Å². The molecule has 5 rings (SSSR count). The highest BCUT2D eigenvalue weighted by atomic mass is 16.1. The van der Waals surface area contributed by atoms with Crippen LogP contribution in [0.25, 0.3) is 16.6 Å². The number of hydrazone groups is 1. The van der Waals surface area contributed by atoms with E-state index >= 15 is 0 Å². The lowest BCUT2D eigenvalue weighted by Gasteiger charge is -2.18. The molecule has 2 N–H and O–H groups in total. The molecule has 0 aliphatic carbocycles. The van der Waals surface area contributed by atoms with Crippen molar-refractivity contribution in [3.05, 3.63) is 93.3 Å². The maximum Gasteiger partial charge on any atom is 0.267 e. The van der Waals surface area contributed by atoms with Gasteiger partial charge in [0.25, 0.3) is 5.56 Å². The van der Waals surface area contributed by atoms with E-state index in [-0.39, 0.29) is 11.5 Å². The highest BCUT2D eigenvalue weighted by Gasteiger charge is 2.16. The quantitative estimate of drug-likeness (QED) is 0.347. The Labute approximate surface area is 197 Å². The number of para-hydroxylation sites is 1. The van der Waals surface area contributed by atoms with Crippen molar-refractivity contribution < 1.29 is 4.79 Å². The van der Waals surface area contributed by atoms with Crippen molar-refractivity contribution in [3.8, 4) is 5.69 Å². The van der Waals surface area contributed by atoms with Gasteiger partial charge in [-0.25, -0.2) is 15.0 Å². The summed E-state index contributed by atoms with van der Waals surface area (Å²) in [5.41, 5.74) is 9.95. The number of carbonyl (C=O) groups excluding carboxylic acids is 1. The minimum atomic E-state index is -0.155. The number of nitrogens with zero attached hydrogens (tertiary/aromatic N) is 3. The first-order chi connectivity index (χ1) is 16.4. The maximum absolute atomic E-state index is 13.5. The fraction of sp³-hybridized carbons (Fsp3) is 0.185. The van der Waals surface area contributed by atoms with Crippen molar-refractivity contribution in [2.24, 2.45) is 5.10 Å². The van der Waals surface area contributed by atoms with Crippen LogP contribution in [0.4, 0.5) is 11.6 Å². The minimum Gasteiger partial charge on any atom is -0.326 e. The molecule has 0 spiro atoms. The molecule has 2 heterocycles. The van der Waals surface area contributed by atoms with Crippen LogP contribution in [0.1, 0.15) is 35.6 Å². The van der Waals surface area contributed by atoms with E-state index in [1.54, 1.807) is 10.6 Å². The van der Waals surface area contributed by atoms with Crippen molar-refractivity contribution in [2.75, 3.05) is 10.7 Å². The van der Waals surface area contributed by atoms with Gasteiger partial charge in [0.05, 0.1) is 22.3 Å². The third-order valence-corrected chi connectivity index (χ3v) is 6.11. The van der Waals surface area contributed by atoms with Gasteiger partial charge in [-0.2, -0.15) is 5.10 Å². The van der Waals surface area contributed by atoms with Crippen LogP contribution >= 0.6 is 0 Å². The number of aromatic nitrogens is 2. The first-order valence-corrected chi connectivity index (χ1v) is 11.2. The van der Waals surface area contributed by atoms with Gasteiger partial charge in [0.15, 0.2) is 0 Å². The Hall–Kier alpha value is -4.26. The lowest BCUT2D eigenvalue weighted by Crippen LogP contribution is -2.23. The summed E-state index contributed by atoms with van der Waals surface area (Å²) in [6.07, 6.45) is 1.18. The zero-order valence-electron chi connectivity index (χ0n) is 19.3. The van der Waals surface area contributed by atoms with Crippen LogP contribution in [-0.2, 0) is 11.2 Å². The molecule has 170 valence electrons. The van der Waals surface area contributed by atoms with Crippen molar-refractivity contribution in [1.29, 1.82) is 0 Å². The number of hydrogen-bond acceptors (Lipinski definition) is 5. The molecule has 0 bridgehead atoms. The SMILES string of the molecule is C/C(=N\Nc1nc2ccccc2c(=O)n1-c1ccc(C)cc1C)c1ccc2c(c1)CCC(=O)N2.